The quantitative estimate of drug-likeness (QED) is 0.169. The summed E-state index contributed by atoms with van der Waals surface area (Å²) in [6.45, 7) is 4.66. The van der Waals surface area contributed by atoms with Crippen LogP contribution in [0.3, 0.4) is 0 Å². The van der Waals surface area contributed by atoms with E-state index >= 15 is 0 Å². The van der Waals surface area contributed by atoms with Gasteiger partial charge < -0.3 is 0 Å². The Hall–Kier alpha value is -7.30. The summed E-state index contributed by atoms with van der Waals surface area (Å²) in [6, 6.07) is 56.9. The standard InChI is InChI=1S/C53H34N4/c1-53(2)45-16-6-5-15-41(45)42-24-22-36(28-46(42)53)35-12-8-13-37(27-35)49-44-26-19-31-9-3-4-14-40(31)50(44)57-52(56-49)51-54-29-38(30-55-51)39-23-20-34-18-17-32-10-7-11-33-21-25-43(39)48(34)47(32)33/h3-30H,1-2H3. The van der Waals surface area contributed by atoms with Gasteiger partial charge in [-0.3, -0.25) is 0 Å². The second kappa shape index (κ2) is 11.8. The zero-order valence-electron chi connectivity index (χ0n) is 31.5. The van der Waals surface area contributed by atoms with Gasteiger partial charge >= 0.3 is 0 Å². The zero-order valence-corrected chi connectivity index (χ0v) is 31.5. The number of fused-ring (bicyclic) bond motifs is 6. The molecule has 0 fully saturated rings. The maximum Gasteiger partial charge on any atom is 0.198 e. The van der Waals surface area contributed by atoms with Crippen LogP contribution in [0.25, 0.3) is 110 Å². The fraction of sp³-hybridized carbons (Fsp3) is 0.0566. The van der Waals surface area contributed by atoms with Crippen molar-refractivity contribution in [1.82, 2.24) is 19.9 Å². The molecule has 9 aromatic carbocycles. The van der Waals surface area contributed by atoms with Crippen molar-refractivity contribution in [1.29, 1.82) is 0 Å². The molecule has 1 aliphatic carbocycles. The lowest BCUT2D eigenvalue weighted by Crippen LogP contribution is -2.14. The van der Waals surface area contributed by atoms with Gasteiger partial charge in [-0.15, -0.1) is 0 Å². The topological polar surface area (TPSA) is 51.6 Å². The minimum absolute atomic E-state index is 0.0755. The number of benzene rings is 9. The Morgan fingerprint density at radius 1 is 0.386 bits per heavy atom. The molecule has 1 aliphatic rings. The average Bonchev–Trinajstić information content (AvgIpc) is 3.50. The second-order valence-corrected chi connectivity index (χ2v) is 15.9. The van der Waals surface area contributed by atoms with Crippen molar-refractivity contribution in [3.8, 4) is 56.3 Å². The molecule has 2 aromatic heterocycles. The molecule has 0 saturated heterocycles. The molecule has 4 heteroatoms. The lowest BCUT2D eigenvalue weighted by Gasteiger charge is -2.22. The fourth-order valence-corrected chi connectivity index (χ4v) is 9.48. The van der Waals surface area contributed by atoms with Gasteiger partial charge in [-0.25, -0.2) is 19.9 Å². The van der Waals surface area contributed by atoms with E-state index < -0.39 is 0 Å². The predicted molar refractivity (Wildman–Crippen MR) is 236 cm³/mol. The van der Waals surface area contributed by atoms with E-state index in [-0.39, 0.29) is 5.41 Å². The SMILES string of the molecule is CC1(C)c2ccccc2-c2ccc(-c3cccc(-c4nc(-c5ncc(-c6ccc7ccc8cccc9ccc6c7c89)cn5)nc5c4ccc4ccccc45)c3)cc21. The second-order valence-electron chi connectivity index (χ2n) is 15.9. The summed E-state index contributed by atoms with van der Waals surface area (Å²) in [5.41, 5.74) is 12.5. The van der Waals surface area contributed by atoms with E-state index in [1.54, 1.807) is 0 Å². The smallest absolute Gasteiger partial charge is 0.198 e. The van der Waals surface area contributed by atoms with E-state index in [1.807, 2.05) is 12.4 Å². The van der Waals surface area contributed by atoms with Crippen LogP contribution in [0.1, 0.15) is 25.0 Å². The molecule has 4 nitrogen and oxygen atoms in total. The summed E-state index contributed by atoms with van der Waals surface area (Å²) in [5.74, 6) is 0.988. The molecular formula is C53H34N4. The highest BCUT2D eigenvalue weighted by atomic mass is 15.0. The van der Waals surface area contributed by atoms with Crippen LogP contribution in [-0.2, 0) is 5.41 Å². The largest absolute Gasteiger partial charge is 0.233 e. The molecule has 0 unspecified atom stereocenters. The third-order valence-corrected chi connectivity index (χ3v) is 12.3. The first kappa shape index (κ1) is 32.0. The fourth-order valence-electron chi connectivity index (χ4n) is 9.48. The number of aromatic nitrogens is 4. The van der Waals surface area contributed by atoms with Crippen molar-refractivity contribution in [3.05, 3.63) is 181 Å². The highest BCUT2D eigenvalue weighted by Gasteiger charge is 2.35. The normalized spacial score (nSPS) is 13.2. The average molecular weight is 727 g/mol. The van der Waals surface area contributed by atoms with E-state index in [1.165, 1.54) is 60.1 Å². The van der Waals surface area contributed by atoms with E-state index in [4.69, 9.17) is 19.9 Å². The number of hydrogen-bond acceptors (Lipinski definition) is 4. The lowest BCUT2D eigenvalue weighted by atomic mass is 9.81. The van der Waals surface area contributed by atoms with E-state index in [9.17, 15) is 0 Å². The molecule has 266 valence electrons. The predicted octanol–water partition coefficient (Wildman–Crippen LogP) is 13.4. The molecule has 0 spiro atoms. The summed E-state index contributed by atoms with van der Waals surface area (Å²) < 4.78 is 0. The van der Waals surface area contributed by atoms with Gasteiger partial charge in [-0.2, -0.15) is 0 Å². The van der Waals surface area contributed by atoms with Crippen LogP contribution in [0.5, 0.6) is 0 Å². The molecule has 0 N–H and O–H groups in total. The van der Waals surface area contributed by atoms with Crippen LogP contribution in [0, 0.1) is 0 Å². The van der Waals surface area contributed by atoms with Gasteiger partial charge in [0.25, 0.3) is 0 Å². The van der Waals surface area contributed by atoms with Crippen molar-refractivity contribution in [2.75, 3.05) is 0 Å². The maximum absolute atomic E-state index is 5.26. The summed E-state index contributed by atoms with van der Waals surface area (Å²) >= 11 is 0. The van der Waals surface area contributed by atoms with Crippen LogP contribution in [-0.4, -0.2) is 19.9 Å². The molecule has 11 aromatic rings. The molecule has 0 saturated carbocycles. The summed E-state index contributed by atoms with van der Waals surface area (Å²) in [4.78, 5) is 20.3. The lowest BCUT2D eigenvalue weighted by molar-refractivity contribution is 0.660. The molecule has 0 bridgehead atoms. The molecule has 0 atom stereocenters. The first-order chi connectivity index (χ1) is 28.0. The van der Waals surface area contributed by atoms with Gasteiger partial charge in [0, 0.05) is 39.7 Å². The maximum atomic E-state index is 5.26. The Morgan fingerprint density at radius 3 is 1.89 bits per heavy atom. The number of hydrogen-bond donors (Lipinski definition) is 0. The van der Waals surface area contributed by atoms with Gasteiger partial charge in [0.2, 0.25) is 0 Å². The van der Waals surface area contributed by atoms with Gasteiger partial charge in [0.05, 0.1) is 11.2 Å². The number of nitrogens with zero attached hydrogens (tertiary/aromatic N) is 4. The summed E-state index contributed by atoms with van der Waals surface area (Å²) in [6.07, 6.45) is 3.83. The van der Waals surface area contributed by atoms with Gasteiger partial charge in [0.1, 0.15) is 0 Å². The zero-order chi connectivity index (χ0) is 37.8. The Kier molecular flexibility index (Phi) is 6.65. The molecule has 2 heterocycles. The van der Waals surface area contributed by atoms with Crippen LogP contribution in [0.15, 0.2) is 170 Å². The first-order valence-corrected chi connectivity index (χ1v) is 19.5. The Balaban J connectivity index is 0.988. The molecule has 0 amide bonds. The Bertz CT molecular complexity index is 3420. The Labute approximate surface area is 329 Å². The number of rotatable bonds is 4. The van der Waals surface area contributed by atoms with Crippen molar-refractivity contribution < 1.29 is 0 Å². The Morgan fingerprint density at radius 2 is 1.02 bits per heavy atom. The van der Waals surface area contributed by atoms with Crippen molar-refractivity contribution >= 4 is 54.0 Å². The molecule has 0 aliphatic heterocycles. The minimum Gasteiger partial charge on any atom is -0.233 e. The molecule has 12 rings (SSSR count). The highest BCUT2D eigenvalue weighted by Crippen LogP contribution is 2.49. The monoisotopic (exact) mass is 726 g/mol. The summed E-state index contributed by atoms with van der Waals surface area (Å²) in [7, 11) is 0. The first-order valence-electron chi connectivity index (χ1n) is 19.5. The van der Waals surface area contributed by atoms with Gasteiger partial charge in [0.15, 0.2) is 11.6 Å². The van der Waals surface area contributed by atoms with Crippen molar-refractivity contribution in [2.24, 2.45) is 0 Å². The van der Waals surface area contributed by atoms with Crippen LogP contribution in [0.4, 0.5) is 0 Å². The molecular weight excluding hydrogens is 693 g/mol. The summed E-state index contributed by atoms with van der Waals surface area (Å²) in [5, 5.41) is 10.7. The minimum atomic E-state index is -0.0755. The molecule has 0 radical (unpaired) electrons. The third-order valence-electron chi connectivity index (χ3n) is 12.3. The van der Waals surface area contributed by atoms with E-state index in [2.05, 4.69) is 172 Å². The van der Waals surface area contributed by atoms with Crippen molar-refractivity contribution in [2.45, 2.75) is 19.3 Å². The van der Waals surface area contributed by atoms with Gasteiger partial charge in [-0.1, -0.05) is 153 Å². The van der Waals surface area contributed by atoms with Crippen molar-refractivity contribution in [3.63, 3.8) is 0 Å². The van der Waals surface area contributed by atoms with E-state index in [0.717, 1.165) is 49.6 Å². The van der Waals surface area contributed by atoms with Gasteiger partial charge in [-0.05, 0) is 94.8 Å². The molecule has 57 heavy (non-hydrogen) atoms. The third kappa shape index (κ3) is 4.74. The van der Waals surface area contributed by atoms with Crippen LogP contribution >= 0.6 is 0 Å². The van der Waals surface area contributed by atoms with E-state index in [0.29, 0.717) is 11.6 Å². The highest BCUT2D eigenvalue weighted by molar-refractivity contribution is 6.25. The van der Waals surface area contributed by atoms with Crippen LogP contribution in [0.2, 0.25) is 0 Å². The van der Waals surface area contributed by atoms with Crippen LogP contribution < -0.4 is 0 Å².